The normalized spacial score (nSPS) is 14.0. The number of rotatable bonds is 11. The van der Waals surface area contributed by atoms with Crippen LogP contribution in [0.15, 0.2) is 413 Å². The molecule has 2 spiro atoms. The highest BCUT2D eigenvalue weighted by Crippen LogP contribution is 2.64. The summed E-state index contributed by atoms with van der Waals surface area (Å²) in [6.07, 6.45) is 13.2. The summed E-state index contributed by atoms with van der Waals surface area (Å²) in [5, 5.41) is 2.39. The van der Waals surface area contributed by atoms with Crippen molar-refractivity contribution >= 4 is 50.5 Å². The van der Waals surface area contributed by atoms with Gasteiger partial charge in [0, 0.05) is 44.5 Å². The summed E-state index contributed by atoms with van der Waals surface area (Å²) in [6, 6.07) is 140. The second-order valence-electron chi connectivity index (χ2n) is 31.5. The Hall–Kier alpha value is -15.4. The SMILES string of the molecule is C1=CC=C(c2cc(-c3ccccc3)cc(N3c4ccccc4C4(c5cc(-c6cccc(-c7nc(-c8ccccc8)nc(-c8ccc9c(c8)C8(c%10ccccc%10C9)c9ccccc9N(c9cccc%10ccccc9%10)c9ccccc98)n7)c6)ccc5Cc5ccc(-c6nc(-c7ccccc7)nc(-c7ccccc7)n6)cc54)c4ccccc43)c2)CC=C1. The third-order valence-corrected chi connectivity index (χ3v) is 24.9. The van der Waals surface area contributed by atoms with Crippen LogP contribution in [0.4, 0.5) is 34.1 Å². The number of para-hydroxylation sites is 4. The molecule has 0 unspecified atom stereocenters. The van der Waals surface area contributed by atoms with Gasteiger partial charge in [0.25, 0.3) is 0 Å². The molecule has 2 aromatic heterocycles. The largest absolute Gasteiger partial charge is 0.310 e. The first-order chi connectivity index (χ1) is 59.0. The van der Waals surface area contributed by atoms with Gasteiger partial charge in [-0.15, -0.1) is 0 Å². The Bertz CT molecular complexity index is 7070. The third-order valence-electron chi connectivity index (χ3n) is 24.9. The van der Waals surface area contributed by atoms with E-state index in [1.807, 2.05) is 42.5 Å². The van der Waals surface area contributed by atoms with Crippen LogP contribution in [-0.4, -0.2) is 29.9 Å². The molecule has 2 aliphatic heterocycles. The van der Waals surface area contributed by atoms with Crippen molar-refractivity contribution in [1.82, 2.24) is 29.9 Å². The molecule has 0 bridgehead atoms. The Labute approximate surface area is 691 Å². The van der Waals surface area contributed by atoms with E-state index in [0.717, 1.165) is 114 Å². The monoisotopic (exact) mass is 1520 g/mol. The number of benzene rings is 16. The molecule has 18 aromatic rings. The Balaban J connectivity index is 0.704. The van der Waals surface area contributed by atoms with Crippen molar-refractivity contribution < 1.29 is 0 Å². The van der Waals surface area contributed by atoms with Gasteiger partial charge in [0.05, 0.1) is 39.3 Å². The van der Waals surface area contributed by atoms with Gasteiger partial charge in [-0.1, -0.05) is 340 Å². The van der Waals surface area contributed by atoms with E-state index >= 15 is 0 Å². The van der Waals surface area contributed by atoms with Crippen molar-refractivity contribution in [3.63, 3.8) is 0 Å². The molecule has 119 heavy (non-hydrogen) atoms. The van der Waals surface area contributed by atoms with Crippen LogP contribution in [0.2, 0.25) is 0 Å². The summed E-state index contributed by atoms with van der Waals surface area (Å²) >= 11 is 0. The number of anilines is 6. The third kappa shape index (κ3) is 11.3. The van der Waals surface area contributed by atoms with E-state index in [1.54, 1.807) is 0 Å². The van der Waals surface area contributed by atoms with Crippen molar-refractivity contribution in [1.29, 1.82) is 0 Å². The van der Waals surface area contributed by atoms with Gasteiger partial charge in [-0.25, -0.2) is 29.9 Å². The zero-order valence-electron chi connectivity index (χ0n) is 65.0. The molecule has 3 aliphatic carbocycles. The van der Waals surface area contributed by atoms with Crippen molar-refractivity contribution in [2.75, 3.05) is 9.80 Å². The fraction of sp³-hybridized carbons (Fsp3) is 0.0450. The fourth-order valence-electron chi connectivity index (χ4n) is 19.7. The molecule has 8 nitrogen and oxygen atoms in total. The number of aromatic nitrogens is 6. The second kappa shape index (κ2) is 28.3. The zero-order chi connectivity index (χ0) is 78.5. The predicted octanol–water partition coefficient (Wildman–Crippen LogP) is 26.6. The molecule has 16 aromatic carbocycles. The molecule has 0 fully saturated rings. The summed E-state index contributed by atoms with van der Waals surface area (Å²) < 4.78 is 0. The van der Waals surface area contributed by atoms with Crippen molar-refractivity contribution in [3.05, 3.63) is 485 Å². The van der Waals surface area contributed by atoms with Gasteiger partial charge in [0.15, 0.2) is 34.9 Å². The average molecular weight is 1520 g/mol. The smallest absolute Gasteiger partial charge is 0.164 e. The van der Waals surface area contributed by atoms with Crippen molar-refractivity contribution in [3.8, 4) is 90.6 Å². The van der Waals surface area contributed by atoms with E-state index < -0.39 is 10.8 Å². The summed E-state index contributed by atoms with van der Waals surface area (Å²) in [5.74, 6) is 3.57. The predicted molar refractivity (Wildman–Crippen MR) is 484 cm³/mol. The minimum atomic E-state index is -0.908. The highest BCUT2D eigenvalue weighted by atomic mass is 15.2. The highest BCUT2D eigenvalue weighted by Gasteiger charge is 2.52. The first-order valence-electron chi connectivity index (χ1n) is 40.9. The number of hydrogen-bond donors (Lipinski definition) is 0. The summed E-state index contributed by atoms with van der Waals surface area (Å²) in [6.45, 7) is 0. The van der Waals surface area contributed by atoms with Crippen LogP contribution in [-0.2, 0) is 23.7 Å². The van der Waals surface area contributed by atoms with Gasteiger partial charge in [-0.2, -0.15) is 0 Å². The van der Waals surface area contributed by atoms with Gasteiger partial charge >= 0.3 is 0 Å². The maximum Gasteiger partial charge on any atom is 0.164 e. The average Bonchev–Trinajstić information content (AvgIpc) is 0.735. The molecular weight excluding hydrogens is 1450 g/mol. The van der Waals surface area contributed by atoms with Crippen LogP contribution in [0.1, 0.15) is 78.7 Å². The number of fused-ring (bicyclic) bond motifs is 17. The topological polar surface area (TPSA) is 83.8 Å². The van der Waals surface area contributed by atoms with Crippen LogP contribution in [0.25, 0.3) is 107 Å². The van der Waals surface area contributed by atoms with E-state index in [4.69, 9.17) is 29.9 Å². The van der Waals surface area contributed by atoms with Crippen LogP contribution >= 0.6 is 0 Å². The van der Waals surface area contributed by atoms with Crippen molar-refractivity contribution in [2.24, 2.45) is 0 Å². The maximum absolute atomic E-state index is 5.65. The standard InChI is InChI=1S/C111H74N8/c1-2-8-32-72(31-7-1)87-66-88(73-33-9-3-10-34-73)68-89(67-87)118-100-52-25-21-48-92(100)111(93-49-22-26-53-101(93)118)96-69-79(57-58-81(96)65-83-60-62-86(71-98(83)111)108-114-104(75-36-11-4-12-37-75)112-105(115-108)76-38-13-5-14-39-76)78-44-29-45-84(63-78)107-113-106(77-40-15-6-16-41-77)116-109(117-107)85-61-59-82-64-80-42-18-20-47-91(80)110(97(82)70-85)94-50-23-27-54-102(94)119(103-55-28-24-51-95(103)110)99-56-30-43-74-35-17-19-46-90(74)99/h1-31,33-63,66-71H,32,64-65H2. The molecule has 0 saturated heterocycles. The number of hydrogen-bond acceptors (Lipinski definition) is 8. The molecule has 558 valence electrons. The minimum absolute atomic E-state index is 0.575. The van der Waals surface area contributed by atoms with E-state index in [2.05, 4.69) is 380 Å². The lowest BCUT2D eigenvalue weighted by atomic mass is 9.57. The van der Waals surface area contributed by atoms with Gasteiger partial charge in [-0.3, -0.25) is 0 Å². The van der Waals surface area contributed by atoms with E-state index in [9.17, 15) is 0 Å². The van der Waals surface area contributed by atoms with E-state index in [-0.39, 0.29) is 0 Å². The van der Waals surface area contributed by atoms with Gasteiger partial charge in [0.1, 0.15) is 0 Å². The molecule has 5 aliphatic rings. The molecule has 8 heteroatoms. The summed E-state index contributed by atoms with van der Waals surface area (Å²) in [5.41, 5.74) is 31.8. The Morgan fingerprint density at radius 1 is 0.218 bits per heavy atom. The molecule has 0 amide bonds. The molecule has 0 N–H and O–H groups in total. The number of allylic oxidation sites excluding steroid dienone is 6. The van der Waals surface area contributed by atoms with Crippen LogP contribution in [0.3, 0.4) is 0 Å². The summed E-state index contributed by atoms with van der Waals surface area (Å²) in [4.78, 5) is 37.6. The molecular formula is C111H74N8. The molecule has 4 heterocycles. The van der Waals surface area contributed by atoms with Gasteiger partial charge < -0.3 is 9.80 Å². The fourth-order valence-corrected chi connectivity index (χ4v) is 19.7. The Kier molecular flexibility index (Phi) is 16.4. The lowest BCUT2D eigenvalue weighted by molar-refractivity contribution is 0.693. The molecule has 23 rings (SSSR count). The maximum atomic E-state index is 5.65. The Morgan fingerprint density at radius 2 is 0.571 bits per heavy atom. The molecule has 0 radical (unpaired) electrons. The molecule has 0 atom stereocenters. The van der Waals surface area contributed by atoms with E-state index in [1.165, 1.54) is 77.5 Å². The number of nitrogens with zero attached hydrogens (tertiary/aromatic N) is 8. The first kappa shape index (κ1) is 69.1. The second-order valence-corrected chi connectivity index (χ2v) is 31.5. The van der Waals surface area contributed by atoms with Crippen LogP contribution in [0, 0.1) is 0 Å². The van der Waals surface area contributed by atoms with Gasteiger partial charge in [0.2, 0.25) is 0 Å². The zero-order valence-corrected chi connectivity index (χ0v) is 65.0. The highest BCUT2D eigenvalue weighted by molar-refractivity contribution is 6.02. The van der Waals surface area contributed by atoms with Gasteiger partial charge in [-0.05, 0) is 198 Å². The summed E-state index contributed by atoms with van der Waals surface area (Å²) in [7, 11) is 0. The molecule has 0 saturated carbocycles. The van der Waals surface area contributed by atoms with E-state index in [0.29, 0.717) is 41.4 Å². The quantitative estimate of drug-likeness (QED) is 0.127. The lowest BCUT2D eigenvalue weighted by Crippen LogP contribution is -2.41. The Morgan fingerprint density at radius 3 is 1.11 bits per heavy atom. The van der Waals surface area contributed by atoms with Crippen LogP contribution < -0.4 is 9.80 Å². The lowest BCUT2D eigenvalue weighted by Gasteiger charge is -2.49. The first-order valence-corrected chi connectivity index (χ1v) is 40.9. The van der Waals surface area contributed by atoms with Crippen LogP contribution in [0.5, 0.6) is 0 Å². The minimum Gasteiger partial charge on any atom is -0.310 e. The van der Waals surface area contributed by atoms with Crippen molar-refractivity contribution in [2.45, 2.75) is 30.1 Å².